The van der Waals surface area contributed by atoms with Gasteiger partial charge in [0.05, 0.1) is 18.1 Å². The molecule has 0 saturated heterocycles. The van der Waals surface area contributed by atoms with Crippen LogP contribution < -0.4 is 5.73 Å². The average molecular weight is 375 g/mol. The van der Waals surface area contributed by atoms with Crippen LogP contribution in [0.2, 0.25) is 0 Å². The van der Waals surface area contributed by atoms with Crippen molar-refractivity contribution in [3.8, 4) is 0 Å². The summed E-state index contributed by atoms with van der Waals surface area (Å²) in [6.07, 6.45) is 0. The van der Waals surface area contributed by atoms with Crippen LogP contribution in [0.15, 0.2) is 77.4 Å². The summed E-state index contributed by atoms with van der Waals surface area (Å²) in [6.45, 7) is 1.81. The van der Waals surface area contributed by atoms with Gasteiger partial charge in [-0.05, 0) is 12.5 Å². The van der Waals surface area contributed by atoms with E-state index >= 15 is 0 Å². The van der Waals surface area contributed by atoms with Crippen molar-refractivity contribution in [2.24, 2.45) is 5.73 Å². The number of hydrogen-bond acceptors (Lipinski definition) is 6. The fraction of sp³-hybridized carbons (Fsp3) is 0.136. The molecule has 2 N–H and O–H groups in total. The van der Waals surface area contributed by atoms with Gasteiger partial charge in [-0.25, -0.2) is 4.79 Å². The van der Waals surface area contributed by atoms with E-state index in [-0.39, 0.29) is 46.3 Å². The zero-order valence-corrected chi connectivity index (χ0v) is 15.1. The van der Waals surface area contributed by atoms with Gasteiger partial charge >= 0.3 is 5.97 Å². The predicted octanol–water partition coefficient (Wildman–Crippen LogP) is 2.87. The van der Waals surface area contributed by atoms with Crippen LogP contribution in [-0.2, 0) is 14.3 Å². The van der Waals surface area contributed by atoms with E-state index < -0.39 is 17.7 Å². The molecule has 0 aromatic heterocycles. The minimum atomic E-state index is -0.853. The van der Waals surface area contributed by atoms with Crippen molar-refractivity contribution in [2.45, 2.75) is 12.8 Å². The molecule has 1 unspecified atom stereocenters. The summed E-state index contributed by atoms with van der Waals surface area (Å²) in [6, 6.07) is 15.5. The maximum absolute atomic E-state index is 13.3. The number of allylic oxidation sites excluding steroid dienone is 2. The van der Waals surface area contributed by atoms with E-state index in [1.54, 1.807) is 55.5 Å². The Morgan fingerprint density at radius 3 is 2.25 bits per heavy atom. The fourth-order valence-corrected chi connectivity index (χ4v) is 3.59. The molecule has 1 atom stereocenters. The summed E-state index contributed by atoms with van der Waals surface area (Å²) >= 11 is 0. The van der Waals surface area contributed by atoms with Crippen LogP contribution in [0, 0.1) is 0 Å². The van der Waals surface area contributed by atoms with Gasteiger partial charge in [-0.1, -0.05) is 54.6 Å². The SMILES string of the molecule is CCOC(=O)C1=C(N)OC2=C(C(=O)c3ccccc3C2=O)C1c1ccccc1. The molecule has 0 saturated carbocycles. The maximum atomic E-state index is 13.3. The van der Waals surface area contributed by atoms with Crippen molar-refractivity contribution in [3.05, 3.63) is 94.1 Å². The minimum absolute atomic E-state index is 0.0207. The molecular weight excluding hydrogens is 358 g/mol. The molecule has 140 valence electrons. The second-order valence-corrected chi connectivity index (χ2v) is 6.39. The molecule has 0 fully saturated rings. The molecule has 4 rings (SSSR count). The van der Waals surface area contributed by atoms with Crippen molar-refractivity contribution in [1.82, 2.24) is 0 Å². The third-order valence-electron chi connectivity index (χ3n) is 4.79. The van der Waals surface area contributed by atoms with Crippen molar-refractivity contribution in [1.29, 1.82) is 0 Å². The number of esters is 1. The van der Waals surface area contributed by atoms with Gasteiger partial charge in [0, 0.05) is 11.1 Å². The third kappa shape index (κ3) is 2.62. The van der Waals surface area contributed by atoms with Gasteiger partial charge in [0.2, 0.25) is 11.7 Å². The smallest absolute Gasteiger partial charge is 0.340 e. The predicted molar refractivity (Wildman–Crippen MR) is 100 cm³/mol. The van der Waals surface area contributed by atoms with Crippen LogP contribution in [0.25, 0.3) is 0 Å². The van der Waals surface area contributed by atoms with Crippen LogP contribution in [0.5, 0.6) is 0 Å². The van der Waals surface area contributed by atoms with Crippen molar-refractivity contribution in [2.75, 3.05) is 6.61 Å². The number of fused-ring (bicyclic) bond motifs is 1. The Kier molecular flexibility index (Phi) is 4.31. The summed E-state index contributed by atoms with van der Waals surface area (Å²) in [5, 5.41) is 0. The highest BCUT2D eigenvalue weighted by molar-refractivity contribution is 6.27. The highest BCUT2D eigenvalue weighted by Crippen LogP contribution is 2.44. The first kappa shape index (κ1) is 17.7. The molecule has 1 heterocycles. The number of nitrogens with two attached hydrogens (primary N) is 1. The van der Waals surface area contributed by atoms with E-state index in [2.05, 4.69) is 0 Å². The van der Waals surface area contributed by atoms with Crippen molar-refractivity contribution < 1.29 is 23.9 Å². The maximum Gasteiger partial charge on any atom is 0.340 e. The highest BCUT2D eigenvalue weighted by atomic mass is 16.5. The minimum Gasteiger partial charge on any atom is -0.462 e. The zero-order chi connectivity index (χ0) is 19.8. The number of ether oxygens (including phenoxy) is 2. The van der Waals surface area contributed by atoms with E-state index in [9.17, 15) is 14.4 Å². The van der Waals surface area contributed by atoms with Gasteiger partial charge < -0.3 is 15.2 Å². The van der Waals surface area contributed by atoms with E-state index in [1.165, 1.54) is 0 Å². The first-order valence-electron chi connectivity index (χ1n) is 8.86. The second kappa shape index (κ2) is 6.81. The molecule has 6 nitrogen and oxygen atoms in total. The number of benzene rings is 2. The lowest BCUT2D eigenvalue weighted by molar-refractivity contribution is -0.139. The molecule has 1 aliphatic carbocycles. The number of carbonyl (C=O) groups is 3. The van der Waals surface area contributed by atoms with Crippen molar-refractivity contribution in [3.63, 3.8) is 0 Å². The number of hydrogen-bond donors (Lipinski definition) is 1. The molecule has 28 heavy (non-hydrogen) atoms. The first-order valence-corrected chi connectivity index (χ1v) is 8.86. The van der Waals surface area contributed by atoms with Crippen LogP contribution in [0.3, 0.4) is 0 Å². The van der Waals surface area contributed by atoms with Crippen LogP contribution in [0.4, 0.5) is 0 Å². The molecular formula is C22H17NO5. The molecule has 6 heteroatoms. The topological polar surface area (TPSA) is 95.7 Å². The van der Waals surface area contributed by atoms with E-state index in [1.807, 2.05) is 6.07 Å². The Labute approximate surface area is 161 Å². The molecule has 2 aromatic rings. The fourth-order valence-electron chi connectivity index (χ4n) is 3.59. The quantitative estimate of drug-likeness (QED) is 0.829. The summed E-state index contributed by atoms with van der Waals surface area (Å²) < 4.78 is 10.7. The summed E-state index contributed by atoms with van der Waals surface area (Å²) in [5.74, 6) is -2.70. The lowest BCUT2D eigenvalue weighted by Crippen LogP contribution is -2.35. The van der Waals surface area contributed by atoms with Gasteiger partial charge in [0.25, 0.3) is 0 Å². The second-order valence-electron chi connectivity index (χ2n) is 6.39. The van der Waals surface area contributed by atoms with E-state index in [0.29, 0.717) is 5.56 Å². The van der Waals surface area contributed by atoms with E-state index in [0.717, 1.165) is 0 Å². The number of Topliss-reactive ketones (excluding diaryl/α,β-unsaturated/α-hetero) is 2. The lowest BCUT2D eigenvalue weighted by atomic mass is 9.75. The number of rotatable bonds is 3. The Bertz CT molecular complexity index is 1070. The molecule has 2 aliphatic rings. The van der Waals surface area contributed by atoms with Crippen LogP contribution in [0.1, 0.15) is 39.1 Å². The summed E-state index contributed by atoms with van der Waals surface area (Å²) in [7, 11) is 0. The normalized spacial score (nSPS) is 18.4. The largest absolute Gasteiger partial charge is 0.462 e. The molecule has 0 amide bonds. The van der Waals surface area contributed by atoms with Crippen LogP contribution in [-0.4, -0.2) is 24.1 Å². The number of ketones is 2. The molecule has 2 aromatic carbocycles. The standard InChI is InChI=1S/C22H17NO5/c1-2-27-22(26)17-15(12-8-4-3-5-9-12)16-18(24)13-10-6-7-11-14(13)19(25)20(16)28-21(17)23/h3-11,15H,2,23H2,1H3. The van der Waals surface area contributed by atoms with Gasteiger partial charge in [-0.3, -0.25) is 9.59 Å². The summed E-state index contributed by atoms with van der Waals surface area (Å²) in [5.41, 5.74) is 7.33. The van der Waals surface area contributed by atoms with Gasteiger partial charge in [0.15, 0.2) is 11.5 Å². The monoisotopic (exact) mass is 375 g/mol. The Balaban J connectivity index is 1.95. The Morgan fingerprint density at radius 2 is 1.61 bits per heavy atom. The molecule has 1 aliphatic heterocycles. The van der Waals surface area contributed by atoms with Crippen LogP contribution >= 0.6 is 0 Å². The average Bonchev–Trinajstić information content (AvgIpc) is 2.72. The lowest BCUT2D eigenvalue weighted by Gasteiger charge is -2.32. The summed E-state index contributed by atoms with van der Waals surface area (Å²) in [4.78, 5) is 38.9. The molecule has 0 spiro atoms. The highest BCUT2D eigenvalue weighted by Gasteiger charge is 2.45. The Morgan fingerprint density at radius 1 is 1.00 bits per heavy atom. The third-order valence-corrected chi connectivity index (χ3v) is 4.79. The van der Waals surface area contributed by atoms with E-state index in [4.69, 9.17) is 15.2 Å². The molecule has 0 bridgehead atoms. The van der Waals surface area contributed by atoms with Gasteiger partial charge in [0.1, 0.15) is 5.57 Å². The Hall–Kier alpha value is -3.67. The number of carbonyl (C=O) groups excluding carboxylic acids is 3. The first-order chi connectivity index (χ1) is 13.5. The van der Waals surface area contributed by atoms with Gasteiger partial charge in [-0.15, -0.1) is 0 Å². The molecule has 0 radical (unpaired) electrons. The van der Waals surface area contributed by atoms with Crippen molar-refractivity contribution >= 4 is 17.5 Å². The zero-order valence-electron chi connectivity index (χ0n) is 15.1. The van der Waals surface area contributed by atoms with Gasteiger partial charge in [-0.2, -0.15) is 0 Å².